The maximum Gasteiger partial charge on any atom is 0.494 e. The van der Waals surface area contributed by atoms with E-state index in [1.165, 1.54) is 142 Å². The molecular formula is C110H88BClN4O4. The Morgan fingerprint density at radius 1 is 0.258 bits per heavy atom. The molecule has 2 saturated carbocycles. The zero-order chi connectivity index (χ0) is 80.7. The summed E-state index contributed by atoms with van der Waals surface area (Å²) < 4.78 is 25.2. The molecule has 10 heteroatoms. The van der Waals surface area contributed by atoms with Crippen molar-refractivity contribution in [1.82, 2.24) is 19.9 Å². The number of aromatic nitrogens is 4. The Kier molecular flexibility index (Phi) is 19.0. The van der Waals surface area contributed by atoms with E-state index in [0.29, 0.717) is 16.7 Å². The zero-order valence-electron chi connectivity index (χ0n) is 67.8. The summed E-state index contributed by atoms with van der Waals surface area (Å²) in [6.07, 6.45) is 12.8. The summed E-state index contributed by atoms with van der Waals surface area (Å²) in [5.74, 6) is 1.39. The number of rotatable bonds is 10. The lowest BCUT2D eigenvalue weighted by Gasteiger charge is -2.36. The molecule has 5 aliphatic rings. The Hall–Kier alpha value is -12.9. The third kappa shape index (κ3) is 13.5. The molecule has 23 rings (SSSR count). The average molecular weight is 1580 g/mol. The van der Waals surface area contributed by atoms with Crippen molar-refractivity contribution >= 4 is 68.1 Å². The lowest BCUT2D eigenvalue weighted by Crippen LogP contribution is -2.41. The monoisotopic (exact) mass is 1570 g/mol. The minimum atomic E-state index is -0.303. The summed E-state index contributed by atoms with van der Waals surface area (Å²) in [5.41, 5.74) is 32.7. The van der Waals surface area contributed by atoms with Crippen molar-refractivity contribution in [3.05, 3.63) is 367 Å². The van der Waals surface area contributed by atoms with Crippen LogP contribution in [0, 0.1) is 0 Å². The van der Waals surface area contributed by atoms with Crippen LogP contribution in [0.5, 0.6) is 0 Å². The van der Waals surface area contributed by atoms with Crippen LogP contribution in [0.2, 0.25) is 5.02 Å². The van der Waals surface area contributed by atoms with Gasteiger partial charge in [0, 0.05) is 70.8 Å². The maximum atomic E-state index is 6.44. The van der Waals surface area contributed by atoms with Gasteiger partial charge in [0.25, 0.3) is 0 Å². The van der Waals surface area contributed by atoms with Gasteiger partial charge in [0.1, 0.15) is 22.3 Å². The Labute approximate surface area is 705 Å². The summed E-state index contributed by atoms with van der Waals surface area (Å²) >= 11 is 6.30. The van der Waals surface area contributed by atoms with Gasteiger partial charge in [0.15, 0.2) is 11.6 Å². The molecule has 0 N–H and O–H groups in total. The van der Waals surface area contributed by atoms with Gasteiger partial charge in [-0.15, -0.1) is 0 Å². The molecule has 2 spiro atoms. The van der Waals surface area contributed by atoms with Crippen LogP contribution in [0.1, 0.15) is 114 Å². The number of halogens is 1. The largest absolute Gasteiger partial charge is 0.494 e. The van der Waals surface area contributed by atoms with Crippen LogP contribution in [-0.4, -0.2) is 38.3 Å². The van der Waals surface area contributed by atoms with Crippen LogP contribution < -0.4 is 5.46 Å². The summed E-state index contributed by atoms with van der Waals surface area (Å²) in [5, 5.41) is 4.87. The quantitative estimate of drug-likeness (QED) is 0.125. The number of fused-ring (bicyclic) bond motifs is 16. The molecule has 4 aliphatic carbocycles. The summed E-state index contributed by atoms with van der Waals surface area (Å²) in [4.78, 5) is 20.2. The predicted molar refractivity (Wildman–Crippen MR) is 493 cm³/mol. The van der Waals surface area contributed by atoms with Gasteiger partial charge >= 0.3 is 7.12 Å². The molecule has 0 bridgehead atoms. The van der Waals surface area contributed by atoms with E-state index in [4.69, 9.17) is 49.7 Å². The highest BCUT2D eigenvalue weighted by Crippen LogP contribution is 2.58. The number of benzene rings is 14. The standard InChI is InChI=1S/C52H38N2O.C34H21ClN2O.C24H29BO2/c1-4-12-34(13-5-1)35-18-20-36(21-19-35)47-33-48(54-51(53-47)37-14-6-2-7-15-37)40-24-27-50-44(31-40)43-30-38(23-26-49(43)55-50)39-22-25-42-41-16-8-9-17-45(41)52(46(42)32-39)28-10-3-11-29-52;35-27-16-18-33-29(20-27)28-19-26(15-17-32(28)38-33)31-21-30(36-34(37-31)25-9-5-2-6-10-25)24-13-11-23(12-14-24)22-7-3-1-4-8-22;1-22(2)23(3,4)27-25(26-22)17-12-13-19-18-10-6-7-11-20(18)24(21(19)16-17)14-8-5-9-15-24/h1-2,4-9,12-27,30-33H,3,10-11,28-29H2;1-21H;6-7,10-13,16H,5,8-9,14-15H2,1-4H3. The van der Waals surface area contributed by atoms with Gasteiger partial charge in [0.2, 0.25) is 0 Å². The van der Waals surface area contributed by atoms with Gasteiger partial charge in [-0.25, -0.2) is 19.9 Å². The molecule has 0 atom stereocenters. The van der Waals surface area contributed by atoms with E-state index in [9.17, 15) is 0 Å². The number of hydrogen-bond acceptors (Lipinski definition) is 8. The van der Waals surface area contributed by atoms with Gasteiger partial charge in [-0.05, 0) is 222 Å². The Morgan fingerprint density at radius 2 is 0.575 bits per heavy atom. The van der Waals surface area contributed by atoms with Crippen LogP contribution in [0.4, 0.5) is 0 Å². The predicted octanol–water partition coefficient (Wildman–Crippen LogP) is 28.9. The van der Waals surface area contributed by atoms with Crippen molar-refractivity contribution in [2.75, 3.05) is 0 Å². The molecule has 1 saturated heterocycles. The molecule has 4 aromatic heterocycles. The third-order valence-electron chi connectivity index (χ3n) is 26.4. The van der Waals surface area contributed by atoms with Crippen molar-refractivity contribution in [1.29, 1.82) is 0 Å². The molecule has 0 radical (unpaired) electrons. The normalized spacial score (nSPS) is 15.6. The highest BCUT2D eigenvalue weighted by molar-refractivity contribution is 6.62. The summed E-state index contributed by atoms with van der Waals surface area (Å²) in [6, 6.07) is 120. The Bertz CT molecular complexity index is 6910. The van der Waals surface area contributed by atoms with Gasteiger partial charge in [-0.3, -0.25) is 0 Å². The topological polar surface area (TPSA) is 96.3 Å². The molecule has 120 heavy (non-hydrogen) atoms. The molecule has 1 aliphatic heterocycles. The van der Waals surface area contributed by atoms with E-state index in [-0.39, 0.29) is 29.2 Å². The number of hydrogen-bond donors (Lipinski definition) is 0. The molecule has 0 amide bonds. The molecule has 14 aromatic carbocycles. The highest BCUT2D eigenvalue weighted by Gasteiger charge is 2.53. The molecule has 18 aromatic rings. The molecular weight excluding hydrogens is 1490 g/mol. The van der Waals surface area contributed by atoms with Crippen molar-refractivity contribution in [3.63, 3.8) is 0 Å². The SMILES string of the molecule is CC1(C)OB(c2ccc3c(c2)C2(CCCCC2)c2ccccc2-3)OC1(C)C.Clc1ccc2oc3ccc(-c4cc(-c5ccc(-c6ccccc6)cc5)nc(-c5ccccc5)n4)cc3c2c1.c1ccc(-c2ccc(-c3cc(-c4ccc5oc6ccc(-c7ccc8c(c7)C7(CCCCC7)c7ccccc7-8)cc6c5c4)nc(-c4ccccc4)n3)cc2)cc1. The number of furan rings is 2. The first kappa shape index (κ1) is 74.6. The van der Waals surface area contributed by atoms with E-state index in [0.717, 1.165) is 105 Å². The minimum absolute atomic E-state index is 0.125. The van der Waals surface area contributed by atoms with Gasteiger partial charge < -0.3 is 18.1 Å². The van der Waals surface area contributed by atoms with Gasteiger partial charge in [0.05, 0.1) is 34.0 Å². The second-order valence-corrected chi connectivity index (χ2v) is 34.5. The highest BCUT2D eigenvalue weighted by atomic mass is 35.5. The second kappa shape index (κ2) is 30.5. The number of nitrogens with zero attached hydrogens (tertiary/aromatic N) is 4. The first-order chi connectivity index (χ1) is 58.7. The van der Waals surface area contributed by atoms with Crippen molar-refractivity contribution < 1.29 is 18.1 Å². The van der Waals surface area contributed by atoms with E-state index in [1.54, 1.807) is 0 Å². The fourth-order valence-corrected chi connectivity index (χ4v) is 19.7. The Balaban J connectivity index is 0.000000119. The van der Waals surface area contributed by atoms with Crippen LogP contribution in [0.25, 0.3) is 167 Å². The van der Waals surface area contributed by atoms with Crippen molar-refractivity contribution in [2.24, 2.45) is 0 Å². The fourth-order valence-electron chi connectivity index (χ4n) is 19.5. The summed E-state index contributed by atoms with van der Waals surface area (Å²) in [7, 11) is -0.287. The van der Waals surface area contributed by atoms with Crippen molar-refractivity contribution in [2.45, 2.75) is 114 Å². The lowest BCUT2D eigenvalue weighted by molar-refractivity contribution is 0.00578. The zero-order valence-corrected chi connectivity index (χ0v) is 68.5. The van der Waals surface area contributed by atoms with Gasteiger partial charge in [-0.1, -0.05) is 305 Å². The first-order valence-electron chi connectivity index (χ1n) is 42.4. The van der Waals surface area contributed by atoms with Crippen LogP contribution in [-0.2, 0) is 20.1 Å². The smallest absolute Gasteiger partial charge is 0.456 e. The van der Waals surface area contributed by atoms with Gasteiger partial charge in [-0.2, -0.15) is 0 Å². The third-order valence-corrected chi connectivity index (χ3v) is 26.7. The minimum Gasteiger partial charge on any atom is -0.456 e. The van der Waals surface area contributed by atoms with E-state index < -0.39 is 0 Å². The van der Waals surface area contributed by atoms with Crippen LogP contribution in [0.15, 0.2) is 349 Å². The molecule has 582 valence electrons. The second-order valence-electron chi connectivity index (χ2n) is 34.1. The van der Waals surface area contributed by atoms with Crippen LogP contribution in [0.3, 0.4) is 0 Å². The van der Waals surface area contributed by atoms with Crippen molar-refractivity contribution in [3.8, 4) is 123 Å². The molecule has 0 unspecified atom stereocenters. The van der Waals surface area contributed by atoms with E-state index >= 15 is 0 Å². The average Bonchev–Trinajstić information content (AvgIpc) is 1.56. The summed E-state index contributed by atoms with van der Waals surface area (Å²) in [6.45, 7) is 8.50. The molecule has 5 heterocycles. The van der Waals surface area contributed by atoms with Crippen LogP contribution >= 0.6 is 11.6 Å². The molecule has 8 nitrogen and oxygen atoms in total. The first-order valence-corrected chi connectivity index (χ1v) is 42.8. The maximum absolute atomic E-state index is 6.44. The Morgan fingerprint density at radius 3 is 1.02 bits per heavy atom. The lowest BCUT2D eigenvalue weighted by atomic mass is 9.66. The fraction of sp³-hybridized carbons (Fsp3) is 0.164. The van der Waals surface area contributed by atoms with E-state index in [1.807, 2.05) is 91.0 Å². The van der Waals surface area contributed by atoms with E-state index in [2.05, 4.69) is 276 Å². The molecule has 3 fully saturated rings.